The standard InChI is InChI=1S/C11H6FN5O2S/c12-8-2-1-6(3-7(8)11(18)19)20-10-5-13-4-9-14-15-16-17(9)10/h1-5H,(H,18,19). The molecule has 9 heteroatoms. The van der Waals surface area contributed by atoms with Gasteiger partial charge in [-0.2, -0.15) is 4.52 Å². The topological polar surface area (TPSA) is 93.3 Å². The largest absolute Gasteiger partial charge is 0.478 e. The zero-order chi connectivity index (χ0) is 14.1. The Kier molecular flexibility index (Phi) is 3.03. The zero-order valence-electron chi connectivity index (χ0n) is 9.76. The van der Waals surface area contributed by atoms with Crippen molar-refractivity contribution in [1.29, 1.82) is 0 Å². The Balaban J connectivity index is 2.01. The molecule has 0 atom stereocenters. The van der Waals surface area contributed by atoms with Crippen LogP contribution in [-0.4, -0.2) is 36.1 Å². The average Bonchev–Trinajstić information content (AvgIpc) is 2.90. The van der Waals surface area contributed by atoms with Crippen LogP contribution in [0.2, 0.25) is 0 Å². The maximum Gasteiger partial charge on any atom is 0.338 e. The molecule has 0 aliphatic carbocycles. The highest BCUT2D eigenvalue weighted by atomic mass is 32.2. The van der Waals surface area contributed by atoms with Crippen molar-refractivity contribution in [3.8, 4) is 0 Å². The van der Waals surface area contributed by atoms with Gasteiger partial charge in [0.2, 0.25) is 0 Å². The predicted octanol–water partition coefficient (Wildman–Crippen LogP) is 1.51. The molecular weight excluding hydrogens is 285 g/mol. The zero-order valence-corrected chi connectivity index (χ0v) is 10.6. The normalized spacial score (nSPS) is 10.8. The number of hydrogen-bond donors (Lipinski definition) is 1. The van der Waals surface area contributed by atoms with E-state index in [0.29, 0.717) is 15.6 Å². The van der Waals surface area contributed by atoms with E-state index >= 15 is 0 Å². The van der Waals surface area contributed by atoms with Gasteiger partial charge in [-0.15, -0.1) is 5.10 Å². The second-order valence-corrected chi connectivity index (χ2v) is 4.84. The van der Waals surface area contributed by atoms with Crippen LogP contribution in [0.15, 0.2) is 40.5 Å². The van der Waals surface area contributed by atoms with Crippen molar-refractivity contribution < 1.29 is 14.3 Å². The molecule has 1 aromatic carbocycles. The number of carboxylic acid groups (broad SMARTS) is 1. The fraction of sp³-hybridized carbons (Fsp3) is 0. The lowest BCUT2D eigenvalue weighted by atomic mass is 10.2. The van der Waals surface area contributed by atoms with Crippen molar-refractivity contribution in [2.45, 2.75) is 9.92 Å². The summed E-state index contributed by atoms with van der Waals surface area (Å²) < 4.78 is 14.8. The number of nitrogens with zero attached hydrogens (tertiary/aromatic N) is 5. The first-order valence-electron chi connectivity index (χ1n) is 5.38. The Labute approximate surface area is 115 Å². The van der Waals surface area contributed by atoms with E-state index in [4.69, 9.17) is 5.11 Å². The molecule has 2 heterocycles. The van der Waals surface area contributed by atoms with E-state index in [1.807, 2.05) is 0 Å². The highest BCUT2D eigenvalue weighted by molar-refractivity contribution is 7.99. The summed E-state index contributed by atoms with van der Waals surface area (Å²) in [6.45, 7) is 0. The lowest BCUT2D eigenvalue weighted by Crippen LogP contribution is -2.00. The number of carbonyl (C=O) groups is 1. The van der Waals surface area contributed by atoms with E-state index in [9.17, 15) is 9.18 Å². The van der Waals surface area contributed by atoms with E-state index in [1.54, 1.807) is 0 Å². The Bertz CT molecular complexity index is 806. The number of aromatic carboxylic acids is 1. The van der Waals surface area contributed by atoms with E-state index < -0.39 is 11.8 Å². The number of rotatable bonds is 3. The quantitative estimate of drug-likeness (QED) is 0.781. The van der Waals surface area contributed by atoms with Crippen molar-refractivity contribution in [3.63, 3.8) is 0 Å². The molecule has 0 fully saturated rings. The summed E-state index contributed by atoms with van der Waals surface area (Å²) in [4.78, 5) is 15.4. The van der Waals surface area contributed by atoms with Crippen LogP contribution >= 0.6 is 11.8 Å². The summed E-state index contributed by atoms with van der Waals surface area (Å²) in [6, 6.07) is 3.85. The van der Waals surface area contributed by atoms with Crippen LogP contribution in [0.4, 0.5) is 4.39 Å². The smallest absolute Gasteiger partial charge is 0.338 e. The van der Waals surface area contributed by atoms with Crippen LogP contribution in [0, 0.1) is 5.82 Å². The number of benzene rings is 1. The van der Waals surface area contributed by atoms with Crippen molar-refractivity contribution >= 4 is 23.4 Å². The Hall–Kier alpha value is -2.55. The van der Waals surface area contributed by atoms with E-state index in [-0.39, 0.29) is 5.56 Å². The lowest BCUT2D eigenvalue weighted by molar-refractivity contribution is 0.0691. The predicted molar refractivity (Wildman–Crippen MR) is 66.1 cm³/mol. The summed E-state index contributed by atoms with van der Waals surface area (Å²) in [5.41, 5.74) is 0.0856. The molecule has 0 bridgehead atoms. The molecule has 2 aromatic heterocycles. The van der Waals surface area contributed by atoms with Gasteiger partial charge in [-0.3, -0.25) is 4.98 Å². The number of halogens is 1. The summed E-state index contributed by atoms with van der Waals surface area (Å²) >= 11 is 1.19. The second-order valence-electron chi connectivity index (χ2n) is 3.74. The number of fused-ring (bicyclic) bond motifs is 1. The van der Waals surface area contributed by atoms with E-state index in [0.717, 1.165) is 6.07 Å². The molecule has 0 amide bonds. The van der Waals surface area contributed by atoms with Crippen molar-refractivity contribution in [2.24, 2.45) is 0 Å². The molecular formula is C11H6FN5O2S. The molecule has 3 aromatic rings. The molecule has 100 valence electrons. The van der Waals surface area contributed by atoms with Crippen molar-refractivity contribution in [3.05, 3.63) is 42.0 Å². The van der Waals surface area contributed by atoms with Crippen molar-refractivity contribution in [2.75, 3.05) is 0 Å². The number of aromatic nitrogens is 5. The maximum absolute atomic E-state index is 13.3. The summed E-state index contributed by atoms with van der Waals surface area (Å²) in [5, 5.41) is 20.6. The number of tetrazole rings is 1. The molecule has 3 rings (SSSR count). The molecule has 0 unspecified atom stereocenters. The first-order chi connectivity index (χ1) is 9.65. The second kappa shape index (κ2) is 4.85. The minimum Gasteiger partial charge on any atom is -0.478 e. The van der Waals surface area contributed by atoms with Crippen LogP contribution in [0.1, 0.15) is 10.4 Å². The SMILES string of the molecule is O=C(O)c1cc(Sc2cncc3nnnn23)ccc1F. The van der Waals surface area contributed by atoms with Crippen LogP contribution in [0.3, 0.4) is 0 Å². The molecule has 1 N–H and O–H groups in total. The van der Waals surface area contributed by atoms with Gasteiger partial charge in [0.15, 0.2) is 5.65 Å². The van der Waals surface area contributed by atoms with Crippen molar-refractivity contribution in [1.82, 2.24) is 25.0 Å². The molecule has 0 aliphatic heterocycles. The lowest BCUT2D eigenvalue weighted by Gasteiger charge is -2.04. The molecule has 0 spiro atoms. The van der Waals surface area contributed by atoms with E-state index in [1.165, 1.54) is 40.8 Å². The number of hydrogen-bond acceptors (Lipinski definition) is 6. The van der Waals surface area contributed by atoms with Gasteiger partial charge in [0, 0.05) is 4.90 Å². The first-order valence-corrected chi connectivity index (χ1v) is 6.19. The van der Waals surface area contributed by atoms with E-state index in [2.05, 4.69) is 20.5 Å². The maximum atomic E-state index is 13.3. The highest BCUT2D eigenvalue weighted by Gasteiger charge is 2.13. The van der Waals surface area contributed by atoms with Gasteiger partial charge in [-0.05, 0) is 28.6 Å². The Morgan fingerprint density at radius 1 is 1.35 bits per heavy atom. The molecule has 20 heavy (non-hydrogen) atoms. The van der Waals surface area contributed by atoms with Gasteiger partial charge >= 0.3 is 5.97 Å². The van der Waals surface area contributed by atoms with Gasteiger partial charge in [-0.25, -0.2) is 9.18 Å². The van der Waals surface area contributed by atoms with Crippen LogP contribution in [0.25, 0.3) is 5.65 Å². The van der Waals surface area contributed by atoms with Gasteiger partial charge < -0.3 is 5.11 Å². The van der Waals surface area contributed by atoms with Crippen LogP contribution in [-0.2, 0) is 0 Å². The minimum absolute atomic E-state index is 0.383. The average molecular weight is 291 g/mol. The monoisotopic (exact) mass is 291 g/mol. The Morgan fingerprint density at radius 3 is 3.00 bits per heavy atom. The molecule has 0 aliphatic rings. The molecule has 0 saturated carbocycles. The van der Waals surface area contributed by atoms with Crippen LogP contribution < -0.4 is 0 Å². The molecule has 0 radical (unpaired) electrons. The summed E-state index contributed by atoms with van der Waals surface area (Å²) in [6.07, 6.45) is 3.04. The third-order valence-corrected chi connectivity index (χ3v) is 3.45. The third-order valence-electron chi connectivity index (χ3n) is 2.47. The first kappa shape index (κ1) is 12.5. The highest BCUT2D eigenvalue weighted by Crippen LogP contribution is 2.28. The fourth-order valence-electron chi connectivity index (χ4n) is 1.58. The third kappa shape index (κ3) is 2.18. The van der Waals surface area contributed by atoms with Gasteiger partial charge in [0.1, 0.15) is 10.8 Å². The van der Waals surface area contributed by atoms with Gasteiger partial charge in [-0.1, -0.05) is 11.8 Å². The summed E-state index contributed by atoms with van der Waals surface area (Å²) in [5.74, 6) is -2.09. The van der Waals surface area contributed by atoms with Gasteiger partial charge in [0.25, 0.3) is 0 Å². The fourth-order valence-corrected chi connectivity index (χ4v) is 2.46. The van der Waals surface area contributed by atoms with Gasteiger partial charge in [0.05, 0.1) is 18.0 Å². The number of carboxylic acids is 1. The minimum atomic E-state index is -1.32. The van der Waals surface area contributed by atoms with Crippen LogP contribution in [0.5, 0.6) is 0 Å². The molecule has 7 nitrogen and oxygen atoms in total. The summed E-state index contributed by atoms with van der Waals surface area (Å²) in [7, 11) is 0. The molecule has 0 saturated heterocycles. The Morgan fingerprint density at radius 2 is 2.20 bits per heavy atom.